The first-order chi connectivity index (χ1) is 10.2. The third-order valence-corrected chi connectivity index (χ3v) is 5.86. The third-order valence-electron chi connectivity index (χ3n) is 4.28. The molecule has 1 aromatic rings. The van der Waals surface area contributed by atoms with Crippen molar-refractivity contribution < 1.29 is 9.47 Å². The first-order valence-electron chi connectivity index (χ1n) is 7.58. The van der Waals surface area contributed by atoms with Gasteiger partial charge in [-0.2, -0.15) is 11.8 Å². The van der Waals surface area contributed by atoms with Crippen molar-refractivity contribution in [1.82, 2.24) is 0 Å². The van der Waals surface area contributed by atoms with Crippen molar-refractivity contribution in [2.45, 2.75) is 37.4 Å². The third kappa shape index (κ3) is 3.50. The zero-order valence-corrected chi connectivity index (χ0v) is 13.7. The first-order valence-corrected chi connectivity index (χ1v) is 9.11. The molecule has 2 fully saturated rings. The lowest BCUT2D eigenvalue weighted by molar-refractivity contribution is -0.0960. The van der Waals surface area contributed by atoms with Crippen molar-refractivity contribution in [3.8, 4) is 5.75 Å². The van der Waals surface area contributed by atoms with Crippen LogP contribution in [-0.4, -0.2) is 36.4 Å². The molecule has 2 N–H and O–H groups in total. The fourth-order valence-corrected chi connectivity index (χ4v) is 4.80. The number of ether oxygens (including phenoxy) is 2. The lowest BCUT2D eigenvalue weighted by Gasteiger charge is -2.38. The average molecular weight is 328 g/mol. The fraction of sp³-hybridized carbons (Fsp3) is 0.625. The van der Waals surface area contributed by atoms with Gasteiger partial charge in [0.15, 0.2) is 0 Å². The quantitative estimate of drug-likeness (QED) is 0.921. The minimum atomic E-state index is 0.0419. The SMILES string of the molecule is NCCc1c(Cl)cccc1OC1CCOC2(CCSC2)C1. The van der Waals surface area contributed by atoms with Gasteiger partial charge in [-0.3, -0.25) is 0 Å². The maximum Gasteiger partial charge on any atom is 0.124 e. The van der Waals surface area contributed by atoms with Crippen LogP contribution in [0.1, 0.15) is 24.8 Å². The number of benzene rings is 1. The highest BCUT2D eigenvalue weighted by Gasteiger charge is 2.41. The molecular weight excluding hydrogens is 306 g/mol. The number of hydrogen-bond donors (Lipinski definition) is 1. The van der Waals surface area contributed by atoms with Crippen LogP contribution >= 0.6 is 23.4 Å². The van der Waals surface area contributed by atoms with E-state index in [1.807, 2.05) is 30.0 Å². The summed E-state index contributed by atoms with van der Waals surface area (Å²) >= 11 is 8.27. The van der Waals surface area contributed by atoms with Gasteiger partial charge < -0.3 is 15.2 Å². The number of thioether (sulfide) groups is 1. The minimum absolute atomic E-state index is 0.0419. The van der Waals surface area contributed by atoms with Crippen LogP contribution < -0.4 is 10.5 Å². The van der Waals surface area contributed by atoms with Gasteiger partial charge in [-0.1, -0.05) is 17.7 Å². The maximum absolute atomic E-state index is 6.28. The Bertz CT molecular complexity index is 491. The van der Waals surface area contributed by atoms with Gasteiger partial charge in [0.1, 0.15) is 11.9 Å². The van der Waals surface area contributed by atoms with E-state index >= 15 is 0 Å². The molecule has 2 aliphatic rings. The summed E-state index contributed by atoms with van der Waals surface area (Å²) in [6.07, 6.45) is 4.03. The number of rotatable bonds is 4. The molecule has 1 spiro atoms. The molecule has 0 saturated carbocycles. The van der Waals surface area contributed by atoms with Crippen molar-refractivity contribution in [1.29, 1.82) is 0 Å². The second kappa shape index (κ2) is 6.78. The van der Waals surface area contributed by atoms with Gasteiger partial charge in [-0.05, 0) is 37.3 Å². The number of hydrogen-bond acceptors (Lipinski definition) is 4. The second-order valence-electron chi connectivity index (χ2n) is 5.82. The summed E-state index contributed by atoms with van der Waals surface area (Å²) in [5, 5.41) is 0.746. The Labute approximate surface area is 135 Å². The van der Waals surface area contributed by atoms with E-state index in [0.29, 0.717) is 6.54 Å². The summed E-state index contributed by atoms with van der Waals surface area (Å²) < 4.78 is 12.3. The van der Waals surface area contributed by atoms with Crippen LogP contribution in [0.3, 0.4) is 0 Å². The second-order valence-corrected chi connectivity index (χ2v) is 7.33. The minimum Gasteiger partial charge on any atom is -0.490 e. The molecule has 21 heavy (non-hydrogen) atoms. The van der Waals surface area contributed by atoms with E-state index in [4.69, 9.17) is 26.8 Å². The Morgan fingerprint density at radius 3 is 3.14 bits per heavy atom. The Morgan fingerprint density at radius 1 is 1.48 bits per heavy atom. The Hall–Kier alpha value is -0.420. The van der Waals surface area contributed by atoms with Crippen molar-refractivity contribution >= 4 is 23.4 Å². The summed E-state index contributed by atoms with van der Waals surface area (Å²) in [5.41, 5.74) is 6.76. The van der Waals surface area contributed by atoms with Crippen molar-refractivity contribution in [2.24, 2.45) is 5.73 Å². The van der Waals surface area contributed by atoms with E-state index in [-0.39, 0.29) is 11.7 Å². The van der Waals surface area contributed by atoms with Crippen LogP contribution in [0.25, 0.3) is 0 Å². The summed E-state index contributed by atoms with van der Waals surface area (Å²) in [5.74, 6) is 3.18. The summed E-state index contributed by atoms with van der Waals surface area (Å²) in [7, 11) is 0. The van der Waals surface area contributed by atoms with Gasteiger partial charge in [-0.25, -0.2) is 0 Å². The molecule has 3 rings (SSSR count). The van der Waals surface area contributed by atoms with Gasteiger partial charge in [0.05, 0.1) is 12.2 Å². The van der Waals surface area contributed by atoms with E-state index in [0.717, 1.165) is 54.4 Å². The largest absolute Gasteiger partial charge is 0.490 e. The zero-order chi connectivity index (χ0) is 14.7. The van der Waals surface area contributed by atoms with Gasteiger partial charge in [0, 0.05) is 29.2 Å². The normalized spacial score (nSPS) is 29.0. The molecule has 0 bridgehead atoms. The van der Waals surface area contributed by atoms with E-state index in [2.05, 4.69) is 0 Å². The number of halogens is 1. The van der Waals surface area contributed by atoms with Crippen molar-refractivity contribution in [2.75, 3.05) is 24.7 Å². The molecule has 1 aromatic carbocycles. The van der Waals surface area contributed by atoms with Crippen LogP contribution in [0.15, 0.2) is 18.2 Å². The van der Waals surface area contributed by atoms with Gasteiger partial charge in [-0.15, -0.1) is 0 Å². The smallest absolute Gasteiger partial charge is 0.124 e. The van der Waals surface area contributed by atoms with E-state index in [9.17, 15) is 0 Å². The van der Waals surface area contributed by atoms with Crippen molar-refractivity contribution in [3.05, 3.63) is 28.8 Å². The maximum atomic E-state index is 6.28. The predicted octanol–water partition coefficient (Wildman–Crippen LogP) is 3.27. The topological polar surface area (TPSA) is 44.5 Å². The summed E-state index contributed by atoms with van der Waals surface area (Å²) in [6, 6.07) is 5.85. The van der Waals surface area contributed by atoms with Crippen LogP contribution in [0.2, 0.25) is 5.02 Å². The molecule has 2 unspecified atom stereocenters. The molecule has 0 radical (unpaired) electrons. The molecule has 2 aliphatic heterocycles. The molecule has 2 heterocycles. The van der Waals surface area contributed by atoms with E-state index in [1.54, 1.807) is 0 Å². The molecule has 2 atom stereocenters. The molecule has 5 heteroatoms. The molecule has 0 aliphatic carbocycles. The van der Waals surface area contributed by atoms with Gasteiger partial charge in [0.2, 0.25) is 0 Å². The molecule has 3 nitrogen and oxygen atoms in total. The van der Waals surface area contributed by atoms with Gasteiger partial charge >= 0.3 is 0 Å². The Kier molecular flexibility index (Phi) is 4.99. The van der Waals surface area contributed by atoms with Gasteiger partial charge in [0.25, 0.3) is 0 Å². The fourth-order valence-electron chi connectivity index (χ4n) is 3.16. The highest BCUT2D eigenvalue weighted by molar-refractivity contribution is 7.99. The summed E-state index contributed by atoms with van der Waals surface area (Å²) in [6.45, 7) is 1.37. The first kappa shape index (κ1) is 15.5. The standard InChI is InChI=1S/C16H22ClNO2S/c17-14-2-1-3-15(13(14)4-7-18)20-12-5-8-19-16(10-12)6-9-21-11-16/h1-3,12H,4-11,18H2. The molecule has 0 amide bonds. The van der Waals surface area contributed by atoms with E-state index < -0.39 is 0 Å². The Morgan fingerprint density at radius 2 is 2.38 bits per heavy atom. The highest BCUT2D eigenvalue weighted by atomic mass is 35.5. The average Bonchev–Trinajstić information content (AvgIpc) is 2.91. The summed E-state index contributed by atoms with van der Waals surface area (Å²) in [4.78, 5) is 0. The monoisotopic (exact) mass is 327 g/mol. The molecular formula is C16H22ClNO2S. The van der Waals surface area contributed by atoms with Crippen LogP contribution in [0.5, 0.6) is 5.75 Å². The highest BCUT2D eigenvalue weighted by Crippen LogP contribution is 2.40. The predicted molar refractivity (Wildman–Crippen MR) is 88.5 cm³/mol. The Balaban J connectivity index is 1.72. The number of nitrogens with two attached hydrogens (primary N) is 1. The lowest BCUT2D eigenvalue weighted by Crippen LogP contribution is -2.43. The lowest BCUT2D eigenvalue weighted by atomic mass is 9.91. The van der Waals surface area contributed by atoms with Crippen LogP contribution in [0.4, 0.5) is 0 Å². The molecule has 116 valence electrons. The molecule has 0 aromatic heterocycles. The van der Waals surface area contributed by atoms with Crippen molar-refractivity contribution in [3.63, 3.8) is 0 Å². The van der Waals surface area contributed by atoms with E-state index in [1.165, 1.54) is 5.75 Å². The zero-order valence-electron chi connectivity index (χ0n) is 12.1. The molecule has 2 saturated heterocycles. The van der Waals surface area contributed by atoms with Crippen LogP contribution in [0, 0.1) is 0 Å². The van der Waals surface area contributed by atoms with Crippen LogP contribution in [-0.2, 0) is 11.2 Å².